The van der Waals surface area contributed by atoms with Crippen LogP contribution in [0.5, 0.6) is 0 Å². The Morgan fingerprint density at radius 2 is 0.400 bits per heavy atom. The third-order valence-corrected chi connectivity index (χ3v) is 0. The van der Waals surface area contributed by atoms with Crippen molar-refractivity contribution in [3.63, 3.8) is 0 Å². The smallest absolute Gasteiger partial charge is 0 e. The number of rotatable bonds is 0. The van der Waals surface area contributed by atoms with Gasteiger partial charge in [-0.1, -0.05) is 0 Å². The van der Waals surface area contributed by atoms with Gasteiger partial charge in [-0.3, -0.25) is 0 Å². The van der Waals surface area contributed by atoms with Crippen LogP contribution in [-0.2, 0) is 0 Å². The molecule has 5 heteroatoms. The summed E-state index contributed by atoms with van der Waals surface area (Å²) < 4.78 is 0. The van der Waals surface area contributed by atoms with Gasteiger partial charge in [0.05, 0.1) is 0 Å². The van der Waals surface area contributed by atoms with Gasteiger partial charge in [0.25, 0.3) is 0 Å². The molecule has 11 radical (unpaired) electrons. The molecule has 0 nitrogen and oxygen atoms in total. The summed E-state index contributed by atoms with van der Waals surface area (Å²) in [5.41, 5.74) is 0. The predicted octanol–water partition coefficient (Wildman–Crippen LogP) is -1.14. The molecule has 0 fully saturated rings. The summed E-state index contributed by atoms with van der Waals surface area (Å²) >= 11 is 0. The molecule has 0 aliphatic carbocycles. The standard InChI is InChI=1S/3In.2Pr. The van der Waals surface area contributed by atoms with E-state index in [1.807, 2.05) is 0 Å². The fourth-order valence-electron chi connectivity index (χ4n) is 0. The number of hydrogen-bond acceptors (Lipinski definition) is 0. The molecular formula is In3Pr2. The molecule has 0 saturated carbocycles. The van der Waals surface area contributed by atoms with Gasteiger partial charge < -0.3 is 0 Å². The van der Waals surface area contributed by atoms with E-state index in [9.17, 15) is 0 Å². The second-order valence-electron chi connectivity index (χ2n) is 0. The van der Waals surface area contributed by atoms with Gasteiger partial charge >= 0.3 is 0 Å². The first kappa shape index (κ1) is 31.6. The summed E-state index contributed by atoms with van der Waals surface area (Å²) in [7, 11) is 0. The van der Waals surface area contributed by atoms with Crippen LogP contribution in [0.1, 0.15) is 0 Å². The van der Waals surface area contributed by atoms with Gasteiger partial charge in [-0.05, 0) is 0 Å². The molecule has 0 amide bonds. The first-order valence-electron chi connectivity index (χ1n) is 0. The van der Waals surface area contributed by atoms with Crippen LogP contribution in [0, 0.1) is 82.6 Å². The van der Waals surface area contributed by atoms with Crippen LogP contribution in [0.2, 0.25) is 0 Å². The Hall–Kier alpha value is 5.34. The molecular weight excluding hydrogens is 626 g/mol. The van der Waals surface area contributed by atoms with E-state index in [1.165, 1.54) is 0 Å². The number of hydrogen-bond donors (Lipinski definition) is 0. The Bertz CT molecular complexity index is 4.85. The largest absolute Gasteiger partial charge is 0 e. The van der Waals surface area contributed by atoms with Crippen LogP contribution in [-0.4, -0.2) is 77.5 Å². The Kier molecular flexibility index (Phi) is 144. The molecule has 0 unspecified atom stereocenters. The van der Waals surface area contributed by atoms with Crippen LogP contribution in [0.4, 0.5) is 0 Å². The average Bonchev–Trinajstić information content (AvgIpc) is 0. The fraction of sp³-hybridized carbons (Fsp3) is 0. The molecule has 0 N–H and O–H groups in total. The zero-order chi connectivity index (χ0) is 0. The Morgan fingerprint density at radius 1 is 0.400 bits per heavy atom. The molecule has 0 aromatic heterocycles. The zero-order valence-corrected chi connectivity index (χ0v) is 20.2. The van der Waals surface area contributed by atoms with Crippen LogP contribution >= 0.6 is 0 Å². The monoisotopic (exact) mass is 627 g/mol. The third-order valence-electron chi connectivity index (χ3n) is 0. The van der Waals surface area contributed by atoms with Crippen LogP contribution in [0.15, 0.2) is 0 Å². The summed E-state index contributed by atoms with van der Waals surface area (Å²) in [5, 5.41) is 0. The Morgan fingerprint density at radius 3 is 0.400 bits per heavy atom. The molecule has 0 spiro atoms. The summed E-state index contributed by atoms with van der Waals surface area (Å²) in [6.45, 7) is 0. The quantitative estimate of drug-likeness (QED) is 0.320. The van der Waals surface area contributed by atoms with Crippen molar-refractivity contribution in [1.82, 2.24) is 0 Å². The normalized spacial score (nSPS) is 0. The first-order chi connectivity index (χ1) is 0. The third kappa shape index (κ3) is 17.6. The van der Waals surface area contributed by atoms with Crippen molar-refractivity contribution >= 4 is 77.5 Å². The minimum absolute atomic E-state index is 0. The molecule has 0 atom stereocenters. The Labute approximate surface area is 155 Å². The minimum atomic E-state index is 0. The van der Waals surface area contributed by atoms with E-state index in [0.717, 1.165) is 0 Å². The van der Waals surface area contributed by atoms with Gasteiger partial charge in [0.2, 0.25) is 0 Å². The predicted molar refractivity (Wildman–Crippen MR) is 17.3 cm³/mol. The molecule has 5 heavy (non-hydrogen) atoms. The maximum absolute atomic E-state index is 0. The molecule has 0 rings (SSSR count). The van der Waals surface area contributed by atoms with E-state index < -0.39 is 0 Å². The molecule has 15 valence electrons. The van der Waals surface area contributed by atoms with E-state index in [4.69, 9.17) is 0 Å². The second-order valence-corrected chi connectivity index (χ2v) is 0. The maximum atomic E-state index is 0. The summed E-state index contributed by atoms with van der Waals surface area (Å²) in [4.78, 5) is 0. The van der Waals surface area contributed by atoms with E-state index in [0.29, 0.717) is 0 Å². The van der Waals surface area contributed by atoms with Crippen molar-refractivity contribution in [3.05, 3.63) is 0 Å². The van der Waals surface area contributed by atoms with Gasteiger partial charge in [-0.15, -0.1) is 0 Å². The Balaban J connectivity index is 0. The summed E-state index contributed by atoms with van der Waals surface area (Å²) in [6, 6.07) is 0. The van der Waals surface area contributed by atoms with Crippen LogP contribution < -0.4 is 0 Å². The van der Waals surface area contributed by atoms with Gasteiger partial charge in [-0.25, -0.2) is 0 Å². The van der Waals surface area contributed by atoms with Crippen molar-refractivity contribution in [2.45, 2.75) is 0 Å². The van der Waals surface area contributed by atoms with E-state index in [-0.39, 0.29) is 160 Å². The fourth-order valence-corrected chi connectivity index (χ4v) is 0. The summed E-state index contributed by atoms with van der Waals surface area (Å²) in [6.07, 6.45) is 0. The maximum Gasteiger partial charge on any atom is 0 e. The first-order valence-corrected chi connectivity index (χ1v) is 0. The van der Waals surface area contributed by atoms with Crippen molar-refractivity contribution in [3.8, 4) is 0 Å². The van der Waals surface area contributed by atoms with E-state index in [1.54, 1.807) is 0 Å². The summed E-state index contributed by atoms with van der Waals surface area (Å²) in [5.74, 6) is 0. The zero-order valence-electron chi connectivity index (χ0n) is 2.89. The average molecular weight is 626 g/mol. The van der Waals surface area contributed by atoms with Crippen LogP contribution in [0.25, 0.3) is 0 Å². The van der Waals surface area contributed by atoms with Crippen molar-refractivity contribution in [2.24, 2.45) is 0 Å². The van der Waals surface area contributed by atoms with E-state index >= 15 is 0 Å². The molecule has 0 heterocycles. The molecule has 0 aromatic rings. The van der Waals surface area contributed by atoms with Crippen LogP contribution in [0.3, 0.4) is 0 Å². The SMILES string of the molecule is [In].[In].[In].[Pr].[Pr]. The molecule has 0 bridgehead atoms. The molecule has 0 aliphatic heterocycles. The molecule has 0 aliphatic rings. The van der Waals surface area contributed by atoms with Crippen molar-refractivity contribution in [1.29, 1.82) is 0 Å². The van der Waals surface area contributed by atoms with Crippen molar-refractivity contribution in [2.75, 3.05) is 0 Å². The van der Waals surface area contributed by atoms with Gasteiger partial charge in [-0.2, -0.15) is 0 Å². The van der Waals surface area contributed by atoms with Gasteiger partial charge in [0, 0.05) is 160 Å². The second kappa shape index (κ2) is 22.8. The van der Waals surface area contributed by atoms with Crippen molar-refractivity contribution < 1.29 is 82.6 Å². The molecule has 0 aromatic carbocycles. The minimum Gasteiger partial charge on any atom is 0 e. The van der Waals surface area contributed by atoms with E-state index in [2.05, 4.69) is 0 Å². The van der Waals surface area contributed by atoms with Gasteiger partial charge in [0.15, 0.2) is 0 Å². The van der Waals surface area contributed by atoms with Gasteiger partial charge in [0.1, 0.15) is 0 Å². The molecule has 0 saturated heterocycles. The topological polar surface area (TPSA) is 0 Å².